The molecule has 0 bridgehead atoms. The van der Waals surface area contributed by atoms with Gasteiger partial charge in [-0.3, -0.25) is 14.4 Å². The van der Waals surface area contributed by atoms with Crippen molar-refractivity contribution in [3.8, 4) is 0 Å². The fourth-order valence-electron chi connectivity index (χ4n) is 7.17. The number of rotatable bonds is 8. The summed E-state index contributed by atoms with van der Waals surface area (Å²) in [5.74, 6) is -1.48. The lowest BCUT2D eigenvalue weighted by molar-refractivity contribution is -0.147. The zero-order valence-corrected chi connectivity index (χ0v) is 24.6. The molecule has 1 aromatic heterocycles. The zero-order chi connectivity index (χ0) is 28.9. The number of amides is 3. The van der Waals surface area contributed by atoms with E-state index in [9.17, 15) is 19.5 Å². The van der Waals surface area contributed by atoms with Crippen molar-refractivity contribution in [1.82, 2.24) is 29.7 Å². The summed E-state index contributed by atoms with van der Waals surface area (Å²) in [4.78, 5) is 48.3. The largest absolute Gasteiger partial charge is 0.394 e. The molecule has 1 unspecified atom stereocenters. The van der Waals surface area contributed by atoms with Gasteiger partial charge in [0.15, 0.2) is 0 Å². The minimum atomic E-state index is -0.914. The number of thioether (sulfide) groups is 1. The number of hydrogen-bond acceptors (Lipinski definition) is 7. The zero-order valence-electron chi connectivity index (χ0n) is 23.8. The Bertz CT molecular complexity index is 1410. The number of aliphatic hydroxyl groups is 1. The predicted octanol–water partition coefficient (Wildman–Crippen LogP) is 2.30. The number of fused-ring (bicyclic) bond motifs is 3. The summed E-state index contributed by atoms with van der Waals surface area (Å²) in [5.41, 5.74) is 1.56. The van der Waals surface area contributed by atoms with Gasteiger partial charge in [0.2, 0.25) is 17.7 Å². The number of aromatic nitrogens is 3. The quantitative estimate of drug-likeness (QED) is 0.479. The first kappa shape index (κ1) is 28.0. The van der Waals surface area contributed by atoms with E-state index in [1.165, 1.54) is 0 Å². The van der Waals surface area contributed by atoms with E-state index in [2.05, 4.69) is 16.4 Å². The van der Waals surface area contributed by atoms with Gasteiger partial charge in [-0.1, -0.05) is 62.4 Å². The highest BCUT2D eigenvalue weighted by Gasteiger charge is 2.71. The van der Waals surface area contributed by atoms with E-state index < -0.39 is 28.7 Å². The van der Waals surface area contributed by atoms with Crippen molar-refractivity contribution in [3.05, 3.63) is 48.6 Å². The second-order valence-corrected chi connectivity index (χ2v) is 13.4. The summed E-state index contributed by atoms with van der Waals surface area (Å²) < 4.78 is 0.790. The first-order valence-corrected chi connectivity index (χ1v) is 15.5. The Balaban J connectivity index is 1.43. The number of benzene rings is 1. The van der Waals surface area contributed by atoms with Gasteiger partial charge in [-0.05, 0) is 30.9 Å². The van der Waals surface area contributed by atoms with Crippen LogP contribution in [-0.4, -0.2) is 101 Å². The maximum Gasteiger partial charge on any atom is 0.248 e. The Morgan fingerprint density at radius 2 is 1.85 bits per heavy atom. The molecular weight excluding hydrogens is 540 g/mol. The molecule has 2 aromatic rings. The van der Waals surface area contributed by atoms with E-state index in [4.69, 9.17) is 0 Å². The fourth-order valence-corrected chi connectivity index (χ4v) is 9.16. The van der Waals surface area contributed by atoms with Crippen LogP contribution in [0.3, 0.4) is 0 Å². The summed E-state index contributed by atoms with van der Waals surface area (Å²) in [6.45, 7) is 7.56. The Morgan fingerprint density at radius 1 is 1.07 bits per heavy atom. The highest BCUT2D eigenvalue weighted by molar-refractivity contribution is 8.02. The summed E-state index contributed by atoms with van der Waals surface area (Å²) in [7, 11) is 0. The van der Waals surface area contributed by atoms with E-state index in [-0.39, 0.29) is 42.2 Å². The molecule has 6 rings (SSSR count). The number of carbonyl (C=O) groups excluding carboxylic acids is 3. The maximum absolute atomic E-state index is 14.6. The predicted molar refractivity (Wildman–Crippen MR) is 156 cm³/mol. The number of nitrogens with zero attached hydrogens (tertiary/aromatic N) is 6. The van der Waals surface area contributed by atoms with Crippen LogP contribution in [0.15, 0.2) is 48.6 Å². The second-order valence-electron chi connectivity index (χ2n) is 11.9. The van der Waals surface area contributed by atoms with Gasteiger partial charge < -0.3 is 19.8 Å². The molecule has 1 N–H and O–H groups in total. The molecule has 0 radical (unpaired) electrons. The average molecular weight is 579 g/mol. The minimum absolute atomic E-state index is 0.0226. The van der Waals surface area contributed by atoms with Crippen LogP contribution in [0.5, 0.6) is 0 Å². The summed E-state index contributed by atoms with van der Waals surface area (Å²) in [6.07, 6.45) is 9.46. The van der Waals surface area contributed by atoms with Gasteiger partial charge in [0.1, 0.15) is 18.2 Å². The van der Waals surface area contributed by atoms with Gasteiger partial charge in [-0.25, -0.2) is 4.68 Å². The molecule has 4 aliphatic heterocycles. The number of hydrogen-bond donors (Lipinski definition) is 1. The van der Waals surface area contributed by atoms with E-state index in [0.29, 0.717) is 26.1 Å². The van der Waals surface area contributed by atoms with Crippen molar-refractivity contribution in [2.24, 2.45) is 17.8 Å². The number of likely N-dealkylation sites (tertiary alicyclic amines) is 1. The van der Waals surface area contributed by atoms with Crippen molar-refractivity contribution in [2.45, 2.75) is 62.4 Å². The van der Waals surface area contributed by atoms with Gasteiger partial charge in [0.25, 0.3) is 0 Å². The van der Waals surface area contributed by atoms with Crippen LogP contribution in [0.4, 0.5) is 0 Å². The highest BCUT2D eigenvalue weighted by Crippen LogP contribution is 2.61. The molecule has 1 spiro atoms. The van der Waals surface area contributed by atoms with Crippen LogP contribution in [0, 0.1) is 17.8 Å². The molecule has 6 atom stereocenters. The Morgan fingerprint density at radius 3 is 2.61 bits per heavy atom. The van der Waals surface area contributed by atoms with Crippen molar-refractivity contribution in [1.29, 1.82) is 0 Å². The third-order valence-electron chi connectivity index (χ3n) is 8.83. The number of aliphatic hydroxyl groups excluding tert-OH is 1. The van der Waals surface area contributed by atoms with Gasteiger partial charge in [0.05, 0.1) is 34.7 Å². The lowest BCUT2D eigenvalue weighted by Crippen LogP contribution is -2.56. The molecule has 5 heterocycles. The van der Waals surface area contributed by atoms with Crippen LogP contribution >= 0.6 is 11.8 Å². The van der Waals surface area contributed by atoms with Gasteiger partial charge in [-0.2, -0.15) is 0 Å². The lowest BCUT2D eigenvalue weighted by Gasteiger charge is -2.39. The topological polar surface area (TPSA) is 112 Å². The Labute approximate surface area is 244 Å². The van der Waals surface area contributed by atoms with E-state index in [1.807, 2.05) is 68.2 Å². The fraction of sp³-hybridized carbons (Fsp3) is 0.567. The first-order valence-electron chi connectivity index (χ1n) is 14.6. The van der Waals surface area contributed by atoms with Crippen LogP contribution in [0.1, 0.15) is 33.6 Å². The smallest absolute Gasteiger partial charge is 0.248 e. The van der Waals surface area contributed by atoms with Crippen LogP contribution in [-0.2, 0) is 21.1 Å². The van der Waals surface area contributed by atoms with Crippen LogP contribution in [0.2, 0.25) is 0 Å². The van der Waals surface area contributed by atoms with Crippen LogP contribution < -0.4 is 0 Å². The second kappa shape index (κ2) is 10.9. The molecule has 0 aliphatic carbocycles. The third kappa shape index (κ3) is 4.48. The van der Waals surface area contributed by atoms with Gasteiger partial charge >= 0.3 is 0 Å². The molecule has 2 saturated heterocycles. The monoisotopic (exact) mass is 578 g/mol. The molecule has 0 saturated carbocycles. The third-order valence-corrected chi connectivity index (χ3v) is 10.6. The summed E-state index contributed by atoms with van der Waals surface area (Å²) in [5, 5.41) is 18.9. The molecule has 4 aliphatic rings. The highest BCUT2D eigenvalue weighted by atomic mass is 32.2. The standard InChI is InChI=1S/C30H38N6O4S/c1-4-13-33-14-7-11-23-24(27(33)38)25-28(39)36(20(17-37)16-19(2)3)26-29(40)34(15-8-12-30(25,26)41-23)18-35-22-10-6-5-9-21(22)31-32-35/h5-12,19-20,23-26,37H,4,13-18H2,1-3H3/t20-,23+,24-,25+,26?,30+/m1/s1. The molecule has 11 heteroatoms. The van der Waals surface area contributed by atoms with E-state index in [0.717, 1.165) is 17.5 Å². The number of carbonyl (C=O) groups is 3. The normalized spacial score (nSPS) is 30.2. The minimum Gasteiger partial charge on any atom is -0.394 e. The Kier molecular flexibility index (Phi) is 7.44. The molecule has 41 heavy (non-hydrogen) atoms. The number of para-hydroxylation sites is 1. The van der Waals surface area contributed by atoms with E-state index in [1.54, 1.807) is 26.2 Å². The van der Waals surface area contributed by atoms with Crippen molar-refractivity contribution in [2.75, 3.05) is 26.2 Å². The molecular formula is C30H38N6O4S. The van der Waals surface area contributed by atoms with Crippen molar-refractivity contribution < 1.29 is 19.5 Å². The molecule has 2 fully saturated rings. The average Bonchev–Trinajstić information content (AvgIpc) is 3.51. The van der Waals surface area contributed by atoms with Crippen molar-refractivity contribution in [3.63, 3.8) is 0 Å². The molecule has 1 aromatic carbocycles. The van der Waals surface area contributed by atoms with Gasteiger partial charge in [0, 0.05) is 24.9 Å². The van der Waals surface area contributed by atoms with Gasteiger partial charge in [-0.15, -0.1) is 16.9 Å². The first-order chi connectivity index (χ1) is 19.8. The summed E-state index contributed by atoms with van der Waals surface area (Å²) in [6, 6.07) is 6.23. The molecule has 3 amide bonds. The SMILES string of the molecule is CCCN1CC=C[C@@H]2S[C@]34C=CCN(Cn5nnc6ccccc65)C(=O)C3N([C@@H](CO)CC(C)C)C(=O)[C@@H]4[C@@H]2C1=O. The molecule has 218 valence electrons. The lowest BCUT2D eigenvalue weighted by atomic mass is 9.78. The van der Waals surface area contributed by atoms with Crippen molar-refractivity contribution >= 4 is 40.5 Å². The molecule has 10 nitrogen and oxygen atoms in total. The summed E-state index contributed by atoms with van der Waals surface area (Å²) >= 11 is 1.57. The van der Waals surface area contributed by atoms with E-state index >= 15 is 0 Å². The maximum atomic E-state index is 14.6. The van der Waals surface area contributed by atoms with Crippen LogP contribution in [0.25, 0.3) is 11.0 Å². The Hall–Kier alpha value is -3.18.